The van der Waals surface area contributed by atoms with Gasteiger partial charge < -0.3 is 9.53 Å². The third kappa shape index (κ3) is 38.0. The Morgan fingerprint density at radius 2 is 1.09 bits per heavy atom. The smallest absolute Gasteiger partial charge is 0.302 e. The highest BCUT2D eigenvalue weighted by atomic mass is 16.5. The molecule has 0 aromatic heterocycles. The van der Waals surface area contributed by atoms with Crippen LogP contribution in [0.2, 0.25) is 0 Å². The number of hydrogen-bond donors (Lipinski definition) is 0. The van der Waals surface area contributed by atoms with E-state index in [1.165, 1.54) is 90.4 Å². The van der Waals surface area contributed by atoms with Crippen molar-refractivity contribution in [3.05, 3.63) is 36.5 Å². The average molecular weight is 463 g/mol. The van der Waals surface area contributed by atoms with Crippen LogP contribution in [0.25, 0.3) is 0 Å². The lowest BCUT2D eigenvalue weighted by Crippen LogP contribution is -1.99. The quantitative estimate of drug-likeness (QED) is 0.0529. The van der Waals surface area contributed by atoms with Crippen molar-refractivity contribution in [2.75, 3.05) is 6.61 Å². The third-order valence-corrected chi connectivity index (χ3v) is 5.27. The topological polar surface area (TPSA) is 43.4 Å². The van der Waals surface area contributed by atoms with E-state index in [-0.39, 0.29) is 5.97 Å². The lowest BCUT2D eigenvalue weighted by molar-refractivity contribution is -0.141. The lowest BCUT2D eigenvalue weighted by atomic mass is 10.1. The molecule has 3 nitrogen and oxygen atoms in total. The minimum Gasteiger partial charge on any atom is -0.466 e. The van der Waals surface area contributed by atoms with Crippen LogP contribution in [0.15, 0.2) is 36.5 Å². The second kappa shape index (κ2) is 32.5. The predicted molar refractivity (Wildman–Crippen MR) is 145 cm³/mol. The fourth-order valence-electron chi connectivity index (χ4n) is 3.29. The largest absolute Gasteiger partial charge is 0.466 e. The molecule has 0 aromatic carbocycles. The van der Waals surface area contributed by atoms with Gasteiger partial charge in [0.25, 0.3) is 0 Å². The van der Waals surface area contributed by atoms with E-state index in [0.29, 0.717) is 6.61 Å². The maximum atomic E-state index is 10.5. The van der Waals surface area contributed by atoms with Crippen LogP contribution in [0, 0.1) is 0 Å². The number of ether oxygens (including phenoxy) is 1. The Balaban J connectivity index is 0. The minimum atomic E-state index is -0.191. The first kappa shape index (κ1) is 33.5. The molecule has 0 saturated carbocycles. The van der Waals surface area contributed by atoms with E-state index in [2.05, 4.69) is 50.3 Å². The Labute approximate surface area is 206 Å². The number of rotatable bonds is 22. The highest BCUT2D eigenvalue weighted by Crippen LogP contribution is 2.09. The van der Waals surface area contributed by atoms with Crippen molar-refractivity contribution in [3.63, 3.8) is 0 Å². The first-order valence-electron chi connectivity index (χ1n) is 13.7. The molecule has 0 radical (unpaired) electrons. The molecule has 0 aliphatic carbocycles. The molecule has 0 rings (SSSR count). The van der Waals surface area contributed by atoms with Gasteiger partial charge in [-0.05, 0) is 51.4 Å². The molecule has 0 fully saturated rings. The van der Waals surface area contributed by atoms with Crippen LogP contribution in [0.4, 0.5) is 0 Å². The van der Waals surface area contributed by atoms with Crippen molar-refractivity contribution in [2.45, 2.75) is 136 Å². The van der Waals surface area contributed by atoms with Crippen LogP contribution >= 0.6 is 0 Å². The zero-order valence-corrected chi connectivity index (χ0v) is 22.2. The van der Waals surface area contributed by atoms with Gasteiger partial charge in [-0.2, -0.15) is 0 Å². The molecule has 3 heteroatoms. The Morgan fingerprint density at radius 1 is 0.606 bits per heavy atom. The molecule has 0 aliphatic heterocycles. The van der Waals surface area contributed by atoms with Crippen molar-refractivity contribution in [2.24, 2.45) is 0 Å². The standard InChI is InChI=1S/C18H32O2.C12H22O/c1-3-4-5-6-7-8-9-10-11-12-13-14-15-16-17-20-18(2)19;1-2-3-4-5-6-7-8-9-10-11-12-13/h11-14H,3-10,15-17H2,1-2H3;3-4,12H,2,5-11H2,1H3/b12-11-,14-13+;4-3-. The summed E-state index contributed by atoms with van der Waals surface area (Å²) in [5, 5.41) is 0. The molecule has 0 aromatic rings. The maximum absolute atomic E-state index is 10.5. The third-order valence-electron chi connectivity index (χ3n) is 5.27. The normalized spacial score (nSPS) is 11.2. The fourth-order valence-corrected chi connectivity index (χ4v) is 3.29. The number of aldehydes is 1. The zero-order chi connectivity index (χ0) is 24.7. The van der Waals surface area contributed by atoms with Crippen molar-refractivity contribution < 1.29 is 14.3 Å². The first-order valence-corrected chi connectivity index (χ1v) is 13.7. The van der Waals surface area contributed by atoms with E-state index in [4.69, 9.17) is 4.74 Å². The monoisotopic (exact) mass is 462 g/mol. The highest BCUT2D eigenvalue weighted by molar-refractivity contribution is 5.65. The van der Waals surface area contributed by atoms with E-state index in [1.807, 2.05) is 0 Å². The van der Waals surface area contributed by atoms with Gasteiger partial charge in [0, 0.05) is 13.3 Å². The van der Waals surface area contributed by atoms with Gasteiger partial charge in [-0.15, -0.1) is 0 Å². The van der Waals surface area contributed by atoms with Gasteiger partial charge in [0.15, 0.2) is 0 Å². The summed E-state index contributed by atoms with van der Waals surface area (Å²) in [5.74, 6) is -0.191. The van der Waals surface area contributed by atoms with E-state index in [0.717, 1.165) is 38.4 Å². The molecule has 0 saturated heterocycles. The lowest BCUT2D eigenvalue weighted by Gasteiger charge is -1.98. The van der Waals surface area contributed by atoms with Crippen LogP contribution in [0.1, 0.15) is 136 Å². The molecule has 0 unspecified atom stereocenters. The molecule has 33 heavy (non-hydrogen) atoms. The van der Waals surface area contributed by atoms with Gasteiger partial charge in [-0.3, -0.25) is 4.79 Å². The van der Waals surface area contributed by atoms with Crippen LogP contribution in [0.5, 0.6) is 0 Å². The number of carbonyl (C=O) groups excluding carboxylic acids is 2. The van der Waals surface area contributed by atoms with Gasteiger partial charge in [0.2, 0.25) is 0 Å². The summed E-state index contributed by atoms with van der Waals surface area (Å²) in [5.41, 5.74) is 0. The van der Waals surface area contributed by atoms with Crippen molar-refractivity contribution in [1.29, 1.82) is 0 Å². The van der Waals surface area contributed by atoms with E-state index in [9.17, 15) is 9.59 Å². The number of carbonyl (C=O) groups is 2. The Bertz CT molecular complexity index is 477. The predicted octanol–water partition coefficient (Wildman–Crippen LogP) is 9.46. The van der Waals surface area contributed by atoms with Crippen LogP contribution in [-0.4, -0.2) is 18.9 Å². The first-order chi connectivity index (χ1) is 16.2. The van der Waals surface area contributed by atoms with E-state index in [1.54, 1.807) is 0 Å². The van der Waals surface area contributed by atoms with Crippen molar-refractivity contribution in [1.82, 2.24) is 0 Å². The fraction of sp³-hybridized carbons (Fsp3) is 0.733. The van der Waals surface area contributed by atoms with Crippen molar-refractivity contribution in [3.8, 4) is 0 Å². The van der Waals surface area contributed by atoms with Gasteiger partial charge in [-0.1, -0.05) is 108 Å². The Morgan fingerprint density at radius 3 is 1.61 bits per heavy atom. The molecule has 0 atom stereocenters. The zero-order valence-electron chi connectivity index (χ0n) is 22.2. The number of hydrogen-bond acceptors (Lipinski definition) is 3. The molecule has 0 spiro atoms. The molecule has 0 bridgehead atoms. The summed E-state index contributed by atoms with van der Waals surface area (Å²) in [6.07, 6.45) is 36.1. The second-order valence-electron chi connectivity index (χ2n) is 8.64. The van der Waals surface area contributed by atoms with Crippen molar-refractivity contribution >= 4 is 12.3 Å². The van der Waals surface area contributed by atoms with Gasteiger partial charge in [0.05, 0.1) is 6.61 Å². The van der Waals surface area contributed by atoms with E-state index < -0.39 is 0 Å². The highest BCUT2D eigenvalue weighted by Gasteiger charge is 1.91. The van der Waals surface area contributed by atoms with E-state index >= 15 is 0 Å². The molecule has 0 N–H and O–H groups in total. The summed E-state index contributed by atoms with van der Waals surface area (Å²) in [6, 6.07) is 0. The molecular formula is C30H54O3. The van der Waals surface area contributed by atoms with Gasteiger partial charge in [-0.25, -0.2) is 0 Å². The summed E-state index contributed by atoms with van der Waals surface area (Å²) in [4.78, 5) is 20.5. The summed E-state index contributed by atoms with van der Waals surface area (Å²) in [6.45, 7) is 6.40. The Hall–Kier alpha value is -1.64. The number of allylic oxidation sites excluding steroid dienone is 6. The summed E-state index contributed by atoms with van der Waals surface area (Å²) in [7, 11) is 0. The molecule has 192 valence electrons. The maximum Gasteiger partial charge on any atom is 0.302 e. The second-order valence-corrected chi connectivity index (χ2v) is 8.64. The molecule has 0 amide bonds. The minimum absolute atomic E-state index is 0.191. The number of esters is 1. The average Bonchev–Trinajstić information content (AvgIpc) is 2.81. The summed E-state index contributed by atoms with van der Waals surface area (Å²) < 4.78 is 4.86. The van der Waals surface area contributed by atoms with Crippen LogP contribution in [0.3, 0.4) is 0 Å². The van der Waals surface area contributed by atoms with Gasteiger partial charge >= 0.3 is 5.97 Å². The Kier molecular flexibility index (Phi) is 33.1. The SMILES string of the molecule is CC/C=C\CCCCCCCC=O.CCCCCCCCC/C=C\C=C\CCCOC(C)=O. The van der Waals surface area contributed by atoms with Gasteiger partial charge in [0.1, 0.15) is 6.29 Å². The molecular weight excluding hydrogens is 408 g/mol. The molecule has 0 heterocycles. The number of unbranched alkanes of at least 4 members (excludes halogenated alkanes) is 14. The van der Waals surface area contributed by atoms with Crippen LogP contribution < -0.4 is 0 Å². The summed E-state index contributed by atoms with van der Waals surface area (Å²) >= 11 is 0. The van der Waals surface area contributed by atoms with Crippen LogP contribution in [-0.2, 0) is 14.3 Å². The molecule has 0 aliphatic rings.